The fourth-order valence-corrected chi connectivity index (χ4v) is 1.29. The topological polar surface area (TPSA) is 47.3 Å². The van der Waals surface area contributed by atoms with Crippen LogP contribution in [-0.4, -0.2) is 25.2 Å². The average molecular weight is 198 g/mol. The zero-order valence-corrected chi connectivity index (χ0v) is 8.88. The second-order valence-corrected chi connectivity index (χ2v) is 3.05. The van der Waals surface area contributed by atoms with E-state index < -0.39 is 0 Å². The Bertz CT molecular complexity index is 248. The number of hydrogen-bond donors (Lipinski definition) is 1. The molecular weight excluding hydrogens is 180 g/mol. The molecule has 0 aliphatic rings. The van der Waals surface area contributed by atoms with Crippen molar-refractivity contribution in [2.45, 2.75) is 26.3 Å². The van der Waals surface area contributed by atoms with E-state index in [-0.39, 0.29) is 0 Å². The zero-order chi connectivity index (χ0) is 10.2. The Hall–Kier alpha value is -0.870. The van der Waals surface area contributed by atoms with Gasteiger partial charge in [-0.15, -0.1) is 0 Å². The maximum atomic E-state index is 5.29. The summed E-state index contributed by atoms with van der Waals surface area (Å²) < 4.78 is 10.5. The van der Waals surface area contributed by atoms with Crippen molar-refractivity contribution in [3.05, 3.63) is 17.8 Å². The summed E-state index contributed by atoms with van der Waals surface area (Å²) >= 11 is 0. The molecule has 14 heavy (non-hydrogen) atoms. The van der Waals surface area contributed by atoms with Gasteiger partial charge in [-0.25, -0.2) is 4.98 Å². The van der Waals surface area contributed by atoms with Crippen molar-refractivity contribution in [3.8, 4) is 0 Å². The minimum Gasteiger partial charge on any atom is -0.448 e. The predicted octanol–water partition coefficient (Wildman–Crippen LogP) is 1.36. The molecule has 1 heterocycles. The van der Waals surface area contributed by atoms with Crippen LogP contribution in [0.2, 0.25) is 0 Å². The Balaban J connectivity index is 2.30. The van der Waals surface area contributed by atoms with E-state index in [9.17, 15) is 0 Å². The van der Waals surface area contributed by atoms with E-state index in [1.54, 1.807) is 0 Å². The van der Waals surface area contributed by atoms with Crippen LogP contribution in [0.3, 0.4) is 0 Å². The number of nitrogens with zero attached hydrogens (tertiary/aromatic N) is 1. The maximum Gasteiger partial charge on any atom is 0.181 e. The van der Waals surface area contributed by atoms with Crippen molar-refractivity contribution in [2.24, 2.45) is 0 Å². The van der Waals surface area contributed by atoms with E-state index in [2.05, 4.69) is 10.3 Å². The molecule has 4 nitrogen and oxygen atoms in total. The molecule has 0 atom stereocenters. The Kier molecular flexibility index (Phi) is 5.25. The molecule has 0 amide bonds. The predicted molar refractivity (Wildman–Crippen MR) is 54.1 cm³/mol. The first-order valence-electron chi connectivity index (χ1n) is 5.02. The number of rotatable bonds is 7. The van der Waals surface area contributed by atoms with Crippen LogP contribution in [0.4, 0.5) is 0 Å². The van der Waals surface area contributed by atoms with Gasteiger partial charge in [0.25, 0.3) is 0 Å². The highest BCUT2D eigenvalue weighted by atomic mass is 16.5. The first-order valence-corrected chi connectivity index (χ1v) is 5.02. The highest BCUT2D eigenvalue weighted by Gasteiger charge is 2.06. The second kappa shape index (κ2) is 6.56. The van der Waals surface area contributed by atoms with Crippen LogP contribution in [-0.2, 0) is 17.7 Å². The Labute approximate surface area is 84.7 Å². The Morgan fingerprint density at radius 2 is 2.43 bits per heavy atom. The molecule has 0 spiro atoms. The van der Waals surface area contributed by atoms with E-state index in [1.807, 2.05) is 14.0 Å². The molecule has 0 fully saturated rings. The van der Waals surface area contributed by atoms with Crippen LogP contribution < -0.4 is 5.32 Å². The number of oxazole rings is 1. The van der Waals surface area contributed by atoms with Crippen LogP contribution in [0.1, 0.15) is 24.8 Å². The Morgan fingerprint density at radius 1 is 1.57 bits per heavy atom. The maximum absolute atomic E-state index is 5.29. The normalized spacial score (nSPS) is 10.7. The van der Waals surface area contributed by atoms with Gasteiger partial charge in [0.15, 0.2) is 6.39 Å². The number of aromatic nitrogens is 1. The standard InChI is InChI=1S/C10H18N2O2/c1-3-13-6-4-5-10-9(7-11-2)12-8-14-10/h8,11H,3-7H2,1-2H3. The van der Waals surface area contributed by atoms with Gasteiger partial charge in [0, 0.05) is 26.2 Å². The lowest BCUT2D eigenvalue weighted by atomic mass is 10.2. The summed E-state index contributed by atoms with van der Waals surface area (Å²) in [5.74, 6) is 0.971. The van der Waals surface area contributed by atoms with Crippen LogP contribution in [0.15, 0.2) is 10.8 Å². The van der Waals surface area contributed by atoms with Gasteiger partial charge in [-0.3, -0.25) is 0 Å². The quantitative estimate of drug-likeness (QED) is 0.672. The molecule has 0 bridgehead atoms. The average Bonchev–Trinajstić information content (AvgIpc) is 2.61. The second-order valence-electron chi connectivity index (χ2n) is 3.05. The Morgan fingerprint density at radius 3 is 3.14 bits per heavy atom. The summed E-state index contributed by atoms with van der Waals surface area (Å²) in [5.41, 5.74) is 1.00. The summed E-state index contributed by atoms with van der Waals surface area (Å²) in [7, 11) is 1.90. The van der Waals surface area contributed by atoms with Crippen LogP contribution in [0.5, 0.6) is 0 Å². The van der Waals surface area contributed by atoms with Gasteiger partial charge in [0.05, 0.1) is 5.69 Å². The van der Waals surface area contributed by atoms with Gasteiger partial charge < -0.3 is 14.5 Å². The fourth-order valence-electron chi connectivity index (χ4n) is 1.29. The highest BCUT2D eigenvalue weighted by Crippen LogP contribution is 2.09. The minimum atomic E-state index is 0.764. The van der Waals surface area contributed by atoms with E-state index in [4.69, 9.17) is 9.15 Å². The molecule has 0 unspecified atom stereocenters. The SMILES string of the molecule is CCOCCCc1ocnc1CNC. The van der Waals surface area contributed by atoms with Gasteiger partial charge in [0.2, 0.25) is 0 Å². The van der Waals surface area contributed by atoms with Gasteiger partial charge >= 0.3 is 0 Å². The van der Waals surface area contributed by atoms with Gasteiger partial charge in [-0.2, -0.15) is 0 Å². The minimum absolute atomic E-state index is 0.764. The third-order valence-corrected chi connectivity index (χ3v) is 1.97. The monoisotopic (exact) mass is 198 g/mol. The summed E-state index contributed by atoms with van der Waals surface area (Å²) in [6, 6.07) is 0. The van der Waals surface area contributed by atoms with E-state index >= 15 is 0 Å². The van der Waals surface area contributed by atoms with E-state index in [1.165, 1.54) is 6.39 Å². The lowest BCUT2D eigenvalue weighted by Crippen LogP contribution is -2.07. The van der Waals surface area contributed by atoms with Crippen LogP contribution in [0, 0.1) is 0 Å². The zero-order valence-electron chi connectivity index (χ0n) is 8.88. The van der Waals surface area contributed by atoms with Crippen LogP contribution >= 0.6 is 0 Å². The van der Waals surface area contributed by atoms with Gasteiger partial charge in [-0.05, 0) is 20.4 Å². The molecular formula is C10H18N2O2. The largest absolute Gasteiger partial charge is 0.448 e. The first kappa shape index (κ1) is 11.2. The van der Waals surface area contributed by atoms with Crippen molar-refractivity contribution < 1.29 is 9.15 Å². The summed E-state index contributed by atoms with van der Waals surface area (Å²) in [6.45, 7) is 4.33. The molecule has 0 aliphatic carbocycles. The molecule has 0 radical (unpaired) electrons. The molecule has 1 N–H and O–H groups in total. The molecule has 1 aromatic heterocycles. The van der Waals surface area contributed by atoms with Crippen LogP contribution in [0.25, 0.3) is 0 Å². The summed E-state index contributed by atoms with van der Waals surface area (Å²) in [5, 5.41) is 3.06. The fraction of sp³-hybridized carbons (Fsp3) is 0.700. The molecule has 0 aliphatic heterocycles. The number of ether oxygens (including phenoxy) is 1. The first-order chi connectivity index (χ1) is 6.88. The van der Waals surface area contributed by atoms with Gasteiger partial charge in [0.1, 0.15) is 5.76 Å². The summed E-state index contributed by atoms with van der Waals surface area (Å²) in [4.78, 5) is 4.13. The number of aryl methyl sites for hydroxylation is 1. The number of hydrogen-bond acceptors (Lipinski definition) is 4. The molecule has 4 heteroatoms. The van der Waals surface area contributed by atoms with Crippen molar-refractivity contribution in [1.82, 2.24) is 10.3 Å². The van der Waals surface area contributed by atoms with E-state index in [0.29, 0.717) is 0 Å². The third kappa shape index (κ3) is 3.47. The summed E-state index contributed by atoms with van der Waals surface area (Å²) in [6.07, 6.45) is 3.39. The molecule has 0 saturated carbocycles. The molecule has 0 aromatic carbocycles. The number of nitrogens with one attached hydrogen (secondary N) is 1. The third-order valence-electron chi connectivity index (χ3n) is 1.97. The van der Waals surface area contributed by atoms with Gasteiger partial charge in [-0.1, -0.05) is 0 Å². The van der Waals surface area contributed by atoms with Crippen molar-refractivity contribution >= 4 is 0 Å². The lowest BCUT2D eigenvalue weighted by molar-refractivity contribution is 0.144. The highest BCUT2D eigenvalue weighted by molar-refractivity contribution is 5.06. The smallest absolute Gasteiger partial charge is 0.181 e. The van der Waals surface area contributed by atoms with Crippen molar-refractivity contribution in [1.29, 1.82) is 0 Å². The van der Waals surface area contributed by atoms with Crippen molar-refractivity contribution in [2.75, 3.05) is 20.3 Å². The molecule has 1 aromatic rings. The lowest BCUT2D eigenvalue weighted by Gasteiger charge is -2.01. The van der Waals surface area contributed by atoms with E-state index in [0.717, 1.165) is 44.1 Å². The van der Waals surface area contributed by atoms with Crippen molar-refractivity contribution in [3.63, 3.8) is 0 Å². The molecule has 80 valence electrons. The molecule has 1 rings (SSSR count). The molecule has 0 saturated heterocycles.